The van der Waals surface area contributed by atoms with Gasteiger partial charge in [-0.15, -0.1) is 11.3 Å². The van der Waals surface area contributed by atoms with Crippen LogP contribution in [0.5, 0.6) is 0 Å². The summed E-state index contributed by atoms with van der Waals surface area (Å²) < 4.78 is 5.41. The number of nitrogens with one attached hydrogen (secondary N) is 1. The van der Waals surface area contributed by atoms with Crippen LogP contribution in [0.25, 0.3) is 0 Å². The van der Waals surface area contributed by atoms with Crippen molar-refractivity contribution in [3.63, 3.8) is 0 Å². The Kier molecular flexibility index (Phi) is 3.78. The topological polar surface area (TPSA) is 75.4 Å². The number of thiophene rings is 1. The molecule has 0 fully saturated rings. The number of hydrogen-bond acceptors (Lipinski definition) is 5. The highest BCUT2D eigenvalue weighted by Gasteiger charge is 2.12. The SMILES string of the molecule is Cc1cnc(C(C)NCc2ccc(C(=O)O)s2)o1. The zero-order chi connectivity index (χ0) is 13.1. The average molecular weight is 266 g/mol. The fourth-order valence-electron chi connectivity index (χ4n) is 1.50. The van der Waals surface area contributed by atoms with Gasteiger partial charge in [0.2, 0.25) is 5.89 Å². The van der Waals surface area contributed by atoms with Crippen LogP contribution >= 0.6 is 11.3 Å². The second kappa shape index (κ2) is 5.32. The van der Waals surface area contributed by atoms with Gasteiger partial charge in [-0.05, 0) is 26.0 Å². The molecular weight excluding hydrogens is 252 g/mol. The number of aromatic carboxylic acids is 1. The van der Waals surface area contributed by atoms with Crippen molar-refractivity contribution in [2.45, 2.75) is 26.4 Å². The molecule has 0 bridgehead atoms. The van der Waals surface area contributed by atoms with E-state index >= 15 is 0 Å². The summed E-state index contributed by atoms with van der Waals surface area (Å²) in [4.78, 5) is 16.2. The van der Waals surface area contributed by atoms with Gasteiger partial charge in [0, 0.05) is 11.4 Å². The Hall–Kier alpha value is -1.66. The number of aryl methyl sites for hydroxylation is 1. The molecule has 0 radical (unpaired) electrons. The van der Waals surface area contributed by atoms with Gasteiger partial charge in [-0.3, -0.25) is 0 Å². The zero-order valence-electron chi connectivity index (χ0n) is 10.1. The van der Waals surface area contributed by atoms with E-state index in [1.807, 2.05) is 19.9 Å². The molecule has 2 rings (SSSR count). The highest BCUT2D eigenvalue weighted by Crippen LogP contribution is 2.18. The third-order valence-corrected chi connectivity index (χ3v) is 3.54. The molecular formula is C12H14N2O3S. The lowest BCUT2D eigenvalue weighted by atomic mass is 10.3. The molecule has 0 spiro atoms. The monoisotopic (exact) mass is 266 g/mol. The molecule has 0 saturated carbocycles. The van der Waals surface area contributed by atoms with Crippen LogP contribution in [0.2, 0.25) is 0 Å². The Bertz CT molecular complexity index is 547. The molecule has 0 aliphatic carbocycles. The van der Waals surface area contributed by atoms with E-state index in [0.29, 0.717) is 17.3 Å². The van der Waals surface area contributed by atoms with E-state index < -0.39 is 5.97 Å². The van der Waals surface area contributed by atoms with Crippen molar-refractivity contribution in [2.75, 3.05) is 0 Å². The van der Waals surface area contributed by atoms with E-state index in [4.69, 9.17) is 9.52 Å². The van der Waals surface area contributed by atoms with Crippen molar-refractivity contribution in [3.05, 3.63) is 39.7 Å². The van der Waals surface area contributed by atoms with Crippen LogP contribution in [-0.4, -0.2) is 16.1 Å². The van der Waals surface area contributed by atoms with Gasteiger partial charge in [-0.1, -0.05) is 0 Å². The Morgan fingerprint density at radius 2 is 2.39 bits per heavy atom. The number of carboxylic acid groups (broad SMARTS) is 1. The summed E-state index contributed by atoms with van der Waals surface area (Å²) in [5, 5.41) is 12.1. The molecule has 5 nitrogen and oxygen atoms in total. The summed E-state index contributed by atoms with van der Waals surface area (Å²) in [6.45, 7) is 4.40. The molecule has 2 heterocycles. The van der Waals surface area contributed by atoms with E-state index in [-0.39, 0.29) is 6.04 Å². The normalized spacial score (nSPS) is 12.6. The van der Waals surface area contributed by atoms with Gasteiger partial charge in [0.1, 0.15) is 10.6 Å². The minimum absolute atomic E-state index is 0.00548. The van der Waals surface area contributed by atoms with Crippen LogP contribution in [0, 0.1) is 6.92 Å². The minimum atomic E-state index is -0.886. The van der Waals surface area contributed by atoms with E-state index in [1.54, 1.807) is 12.3 Å². The number of carboxylic acids is 1. The highest BCUT2D eigenvalue weighted by atomic mass is 32.1. The van der Waals surface area contributed by atoms with E-state index in [1.165, 1.54) is 11.3 Å². The van der Waals surface area contributed by atoms with Crippen LogP contribution < -0.4 is 5.32 Å². The van der Waals surface area contributed by atoms with Crippen LogP contribution in [-0.2, 0) is 6.54 Å². The van der Waals surface area contributed by atoms with Gasteiger partial charge in [0.15, 0.2) is 0 Å². The molecule has 1 unspecified atom stereocenters. The zero-order valence-corrected chi connectivity index (χ0v) is 11.0. The number of nitrogens with zero attached hydrogens (tertiary/aromatic N) is 1. The first kappa shape index (κ1) is 12.8. The fourth-order valence-corrected chi connectivity index (χ4v) is 2.30. The van der Waals surface area contributed by atoms with Gasteiger partial charge < -0.3 is 14.8 Å². The maximum atomic E-state index is 10.7. The molecule has 0 aromatic carbocycles. The molecule has 0 amide bonds. The Morgan fingerprint density at radius 3 is 2.94 bits per heavy atom. The van der Waals surface area contributed by atoms with Crippen molar-refractivity contribution in [3.8, 4) is 0 Å². The molecule has 18 heavy (non-hydrogen) atoms. The minimum Gasteiger partial charge on any atom is -0.477 e. The number of rotatable bonds is 5. The van der Waals surface area contributed by atoms with Crippen molar-refractivity contribution in [2.24, 2.45) is 0 Å². The third kappa shape index (κ3) is 2.96. The van der Waals surface area contributed by atoms with Crippen molar-refractivity contribution in [1.29, 1.82) is 0 Å². The summed E-state index contributed by atoms with van der Waals surface area (Å²) in [6, 6.07) is 3.42. The summed E-state index contributed by atoms with van der Waals surface area (Å²) in [7, 11) is 0. The molecule has 2 aromatic rings. The first-order valence-corrected chi connectivity index (χ1v) is 6.35. The highest BCUT2D eigenvalue weighted by molar-refractivity contribution is 7.13. The number of carbonyl (C=O) groups is 1. The average Bonchev–Trinajstić information content (AvgIpc) is 2.94. The maximum absolute atomic E-state index is 10.7. The smallest absolute Gasteiger partial charge is 0.345 e. The van der Waals surface area contributed by atoms with Gasteiger partial charge in [0.25, 0.3) is 0 Å². The molecule has 6 heteroatoms. The summed E-state index contributed by atoms with van der Waals surface area (Å²) >= 11 is 1.27. The van der Waals surface area contributed by atoms with Gasteiger partial charge in [-0.25, -0.2) is 9.78 Å². The molecule has 1 atom stereocenters. The van der Waals surface area contributed by atoms with E-state index in [0.717, 1.165) is 10.6 Å². The van der Waals surface area contributed by atoms with Crippen molar-refractivity contribution < 1.29 is 14.3 Å². The lowest BCUT2D eigenvalue weighted by Crippen LogP contribution is -2.17. The van der Waals surface area contributed by atoms with Crippen LogP contribution in [0.1, 0.15) is 39.2 Å². The predicted octanol–water partition coefficient (Wildman–Crippen LogP) is 2.59. The first-order chi connectivity index (χ1) is 8.56. The van der Waals surface area contributed by atoms with Gasteiger partial charge in [-0.2, -0.15) is 0 Å². The molecule has 0 aliphatic rings. The molecule has 2 N–H and O–H groups in total. The lowest BCUT2D eigenvalue weighted by Gasteiger charge is -2.08. The second-order valence-corrected chi connectivity index (χ2v) is 5.15. The van der Waals surface area contributed by atoms with Crippen LogP contribution in [0.4, 0.5) is 0 Å². The van der Waals surface area contributed by atoms with Crippen LogP contribution in [0.15, 0.2) is 22.7 Å². The Balaban J connectivity index is 1.92. The maximum Gasteiger partial charge on any atom is 0.345 e. The predicted molar refractivity (Wildman–Crippen MR) is 67.8 cm³/mol. The lowest BCUT2D eigenvalue weighted by molar-refractivity contribution is 0.0702. The summed E-state index contributed by atoms with van der Waals surface area (Å²) in [6.07, 6.45) is 1.68. The molecule has 96 valence electrons. The molecule has 0 aliphatic heterocycles. The van der Waals surface area contributed by atoms with E-state index in [9.17, 15) is 4.79 Å². The molecule has 0 saturated heterocycles. The Labute approximate surface area is 108 Å². The van der Waals surface area contributed by atoms with Crippen molar-refractivity contribution >= 4 is 17.3 Å². The van der Waals surface area contributed by atoms with Gasteiger partial charge in [0.05, 0.1) is 12.2 Å². The summed E-state index contributed by atoms with van der Waals surface area (Å²) in [5.74, 6) is 0.535. The standard InChI is InChI=1S/C12H14N2O3S/c1-7-5-14-11(17-7)8(2)13-6-9-3-4-10(18-9)12(15)16/h3-5,8,13H,6H2,1-2H3,(H,15,16). The number of hydrogen-bond donors (Lipinski definition) is 2. The number of oxazole rings is 1. The first-order valence-electron chi connectivity index (χ1n) is 5.54. The number of aromatic nitrogens is 1. The largest absolute Gasteiger partial charge is 0.477 e. The Morgan fingerprint density at radius 1 is 1.61 bits per heavy atom. The molecule has 2 aromatic heterocycles. The second-order valence-electron chi connectivity index (χ2n) is 3.98. The third-order valence-electron chi connectivity index (χ3n) is 2.46. The van der Waals surface area contributed by atoms with Crippen LogP contribution in [0.3, 0.4) is 0 Å². The van der Waals surface area contributed by atoms with E-state index in [2.05, 4.69) is 10.3 Å². The van der Waals surface area contributed by atoms with Crippen molar-refractivity contribution in [1.82, 2.24) is 10.3 Å². The van der Waals surface area contributed by atoms with Gasteiger partial charge >= 0.3 is 5.97 Å². The fraction of sp³-hybridized carbons (Fsp3) is 0.333. The summed E-state index contributed by atoms with van der Waals surface area (Å²) in [5.41, 5.74) is 0. The quantitative estimate of drug-likeness (QED) is 0.870.